The second kappa shape index (κ2) is 8.32. The van der Waals surface area contributed by atoms with E-state index in [-0.39, 0.29) is 0 Å². The molecule has 0 aliphatic heterocycles. The van der Waals surface area contributed by atoms with Crippen molar-refractivity contribution in [3.63, 3.8) is 0 Å². The monoisotopic (exact) mass is 354 g/mol. The van der Waals surface area contributed by atoms with Gasteiger partial charge in [0.2, 0.25) is 0 Å². The predicted octanol–water partition coefficient (Wildman–Crippen LogP) is 4.67. The van der Waals surface area contributed by atoms with Crippen molar-refractivity contribution in [3.8, 4) is 0 Å². The van der Waals surface area contributed by atoms with Crippen LogP contribution in [0.25, 0.3) is 16.8 Å². The molecular weight excluding hydrogens is 332 g/mol. The minimum atomic E-state index is 0.782. The lowest BCUT2D eigenvalue weighted by Crippen LogP contribution is -2.35. The van der Waals surface area contributed by atoms with Gasteiger partial charge in [-0.3, -0.25) is 5.01 Å². The van der Waals surface area contributed by atoms with Crippen molar-refractivity contribution in [2.45, 2.75) is 13.0 Å². The minimum Gasteiger partial charge on any atom is -0.291 e. The molecule has 0 unspecified atom stereocenters. The molecule has 134 valence electrons. The van der Waals surface area contributed by atoms with Crippen molar-refractivity contribution in [1.82, 2.24) is 14.9 Å². The van der Waals surface area contributed by atoms with Gasteiger partial charge in [0.1, 0.15) is 12.7 Å². The molecule has 1 heterocycles. The van der Waals surface area contributed by atoms with E-state index in [0.29, 0.717) is 0 Å². The van der Waals surface area contributed by atoms with Gasteiger partial charge in [0.05, 0.1) is 6.54 Å². The maximum atomic E-state index is 4.34. The van der Waals surface area contributed by atoms with Gasteiger partial charge < -0.3 is 0 Å². The Labute approximate surface area is 159 Å². The number of aromatic nitrogens is 3. The molecule has 4 aromatic rings. The highest BCUT2D eigenvalue weighted by Crippen LogP contribution is 2.19. The van der Waals surface area contributed by atoms with Crippen LogP contribution < -0.4 is 5.01 Å². The molecule has 0 saturated heterocycles. The Hall–Kier alpha value is -3.40. The van der Waals surface area contributed by atoms with Gasteiger partial charge in [-0.05, 0) is 28.3 Å². The summed E-state index contributed by atoms with van der Waals surface area (Å²) < 4.78 is 0. The molecule has 0 radical (unpaired) electrons. The van der Waals surface area contributed by atoms with Crippen molar-refractivity contribution < 1.29 is 0 Å². The normalized spacial score (nSPS) is 11.3. The van der Waals surface area contributed by atoms with Crippen molar-refractivity contribution in [3.05, 3.63) is 103 Å². The molecule has 4 rings (SSSR count). The fourth-order valence-corrected chi connectivity index (χ4v) is 3.24. The number of benzene rings is 3. The Kier molecular flexibility index (Phi) is 5.25. The predicted molar refractivity (Wildman–Crippen MR) is 111 cm³/mol. The number of hydrogen-bond acceptors (Lipinski definition) is 3. The zero-order valence-corrected chi connectivity index (χ0v) is 15.1. The van der Waals surface area contributed by atoms with Crippen LogP contribution in [0.3, 0.4) is 0 Å². The van der Waals surface area contributed by atoms with Gasteiger partial charge in [0.15, 0.2) is 0 Å². The van der Waals surface area contributed by atoms with Gasteiger partial charge in [0, 0.05) is 6.54 Å². The zero-order valence-electron chi connectivity index (χ0n) is 15.1. The van der Waals surface area contributed by atoms with Crippen LogP contribution in [0.2, 0.25) is 0 Å². The van der Waals surface area contributed by atoms with E-state index in [0.717, 1.165) is 19.5 Å². The lowest BCUT2D eigenvalue weighted by molar-refractivity contribution is 0.527. The average Bonchev–Trinajstić information content (AvgIpc) is 3.26. The van der Waals surface area contributed by atoms with E-state index in [1.165, 1.54) is 21.9 Å². The highest BCUT2D eigenvalue weighted by Gasteiger charge is 2.09. The van der Waals surface area contributed by atoms with E-state index in [1.54, 1.807) is 12.7 Å². The molecule has 3 aromatic carbocycles. The van der Waals surface area contributed by atoms with Crippen LogP contribution >= 0.6 is 0 Å². The zero-order chi connectivity index (χ0) is 18.3. The second-order valence-corrected chi connectivity index (χ2v) is 6.44. The van der Waals surface area contributed by atoms with Crippen molar-refractivity contribution in [1.29, 1.82) is 0 Å². The van der Waals surface area contributed by atoms with Gasteiger partial charge in [0.25, 0.3) is 0 Å². The molecule has 0 bridgehead atoms. The average molecular weight is 354 g/mol. The Morgan fingerprint density at radius 2 is 1.70 bits per heavy atom. The number of nitrogens with zero attached hydrogens (tertiary/aromatic N) is 4. The maximum Gasteiger partial charge on any atom is 0.139 e. The molecule has 0 saturated carbocycles. The van der Waals surface area contributed by atoms with Crippen molar-refractivity contribution in [2.75, 3.05) is 11.6 Å². The largest absolute Gasteiger partial charge is 0.291 e. The first-order valence-corrected chi connectivity index (χ1v) is 9.18. The summed E-state index contributed by atoms with van der Waals surface area (Å²) in [5.74, 6) is 0. The first-order valence-electron chi connectivity index (χ1n) is 9.18. The molecule has 0 aliphatic carbocycles. The molecule has 0 fully saturated rings. The highest BCUT2D eigenvalue weighted by atomic mass is 15.7. The van der Waals surface area contributed by atoms with E-state index >= 15 is 0 Å². The summed E-state index contributed by atoms with van der Waals surface area (Å²) in [4.78, 5) is 5.95. The molecular formula is C23H22N4. The van der Waals surface area contributed by atoms with Crippen LogP contribution in [0.4, 0.5) is 0 Å². The van der Waals surface area contributed by atoms with Crippen LogP contribution in [0, 0.1) is 0 Å². The first kappa shape index (κ1) is 17.0. The quantitative estimate of drug-likeness (QED) is 0.483. The van der Waals surface area contributed by atoms with Gasteiger partial charge in [-0.15, -0.1) is 5.10 Å². The Bertz CT molecular complexity index is 1000. The smallest absolute Gasteiger partial charge is 0.139 e. The summed E-state index contributed by atoms with van der Waals surface area (Å²) >= 11 is 0. The van der Waals surface area contributed by atoms with Crippen LogP contribution in [-0.2, 0) is 6.54 Å². The molecule has 4 heteroatoms. The third-order valence-corrected chi connectivity index (χ3v) is 4.59. The van der Waals surface area contributed by atoms with Gasteiger partial charge >= 0.3 is 0 Å². The van der Waals surface area contributed by atoms with E-state index in [2.05, 4.69) is 94.0 Å². The summed E-state index contributed by atoms with van der Waals surface area (Å²) in [5, 5.41) is 9.09. The summed E-state index contributed by atoms with van der Waals surface area (Å²) in [7, 11) is 0. The van der Waals surface area contributed by atoms with Crippen molar-refractivity contribution >= 4 is 16.8 Å². The Morgan fingerprint density at radius 1 is 0.889 bits per heavy atom. The van der Waals surface area contributed by atoms with E-state index < -0.39 is 0 Å². The lowest BCUT2D eigenvalue weighted by atomic mass is 10.0. The molecule has 1 aromatic heterocycles. The topological polar surface area (TPSA) is 34.0 Å². The molecule has 0 N–H and O–H groups in total. The van der Waals surface area contributed by atoms with Crippen LogP contribution in [0.15, 0.2) is 91.5 Å². The Morgan fingerprint density at radius 3 is 2.56 bits per heavy atom. The third kappa shape index (κ3) is 4.23. The molecule has 0 atom stereocenters. The SMILES string of the molecule is C(=C\c1ccccc1)/CCN(Cc1cccc2ccccc12)n1cncn1. The molecule has 27 heavy (non-hydrogen) atoms. The number of fused-ring (bicyclic) bond motifs is 1. The van der Waals surface area contributed by atoms with E-state index in [1.807, 2.05) is 10.9 Å². The molecule has 0 spiro atoms. The van der Waals surface area contributed by atoms with Crippen LogP contribution in [0.5, 0.6) is 0 Å². The summed E-state index contributed by atoms with van der Waals surface area (Å²) in [6.07, 6.45) is 8.64. The lowest BCUT2D eigenvalue weighted by Gasteiger charge is -2.24. The standard InChI is InChI=1S/C23H22N4/c1-2-9-20(10-3-1)11-6-7-16-26(27-19-24-18-25-27)17-22-14-8-13-21-12-4-5-15-23(21)22/h1-6,8-15,18-19H,7,16-17H2/b11-6+. The fourth-order valence-electron chi connectivity index (χ4n) is 3.24. The first-order chi connectivity index (χ1) is 13.4. The number of hydrogen-bond donors (Lipinski definition) is 0. The summed E-state index contributed by atoms with van der Waals surface area (Å²) in [5.41, 5.74) is 2.51. The fraction of sp³-hybridized carbons (Fsp3) is 0.130. The summed E-state index contributed by atoms with van der Waals surface area (Å²) in [6.45, 7) is 1.64. The van der Waals surface area contributed by atoms with Gasteiger partial charge in [-0.1, -0.05) is 84.9 Å². The highest BCUT2D eigenvalue weighted by molar-refractivity contribution is 5.85. The molecule has 0 amide bonds. The Balaban J connectivity index is 1.51. The van der Waals surface area contributed by atoms with Crippen molar-refractivity contribution in [2.24, 2.45) is 0 Å². The second-order valence-electron chi connectivity index (χ2n) is 6.44. The van der Waals surface area contributed by atoms with Crippen LogP contribution in [-0.4, -0.2) is 21.4 Å². The minimum absolute atomic E-state index is 0.782. The van der Waals surface area contributed by atoms with E-state index in [4.69, 9.17) is 0 Å². The molecule has 0 aliphatic rings. The number of rotatable bonds is 7. The molecule has 4 nitrogen and oxygen atoms in total. The van der Waals surface area contributed by atoms with Crippen LogP contribution in [0.1, 0.15) is 17.5 Å². The van der Waals surface area contributed by atoms with Gasteiger partial charge in [-0.25, -0.2) is 4.98 Å². The summed E-state index contributed by atoms with van der Waals surface area (Å²) in [6, 6.07) is 25.3. The maximum absolute atomic E-state index is 4.34. The van der Waals surface area contributed by atoms with E-state index in [9.17, 15) is 0 Å². The third-order valence-electron chi connectivity index (χ3n) is 4.59. The van der Waals surface area contributed by atoms with Gasteiger partial charge in [-0.2, -0.15) is 4.79 Å².